The molecule has 2 aromatic carbocycles. The maximum Gasteiger partial charge on any atom is 0.127 e. The Kier molecular flexibility index (Phi) is 12.3. The van der Waals surface area contributed by atoms with Crippen LogP contribution in [0.15, 0.2) is 42.5 Å². The molecule has 0 aliphatic carbocycles. The van der Waals surface area contributed by atoms with Gasteiger partial charge in [0.1, 0.15) is 11.9 Å². The zero-order valence-corrected chi connectivity index (χ0v) is 25.1. The van der Waals surface area contributed by atoms with Crippen molar-refractivity contribution in [2.45, 2.75) is 117 Å². The lowest BCUT2D eigenvalue weighted by Crippen LogP contribution is -2.48. The Hall–Kier alpha value is -1.88. The molecule has 0 saturated carbocycles. The van der Waals surface area contributed by atoms with Crippen molar-refractivity contribution in [3.63, 3.8) is 0 Å². The highest BCUT2D eigenvalue weighted by molar-refractivity contribution is 5.50. The van der Waals surface area contributed by atoms with Crippen LogP contribution in [0.5, 0.6) is 5.75 Å². The number of hydrogen-bond acceptors (Lipinski definition) is 4. The standard InChI is InChI=1S/C34H54O4/c1-26-21-28(32(2,3)4)31(29(22-26)33(5,6)7)38-30(34(23-35,24-36)25-37)20-16-11-9-8-10-13-17-27-18-14-12-15-19-27/h12,14-15,18-19,21-22,30,35-37H,8-11,13,16-17,20,23-25H2,1-7H3. The van der Waals surface area contributed by atoms with Crippen molar-refractivity contribution in [2.24, 2.45) is 5.41 Å². The quantitative estimate of drug-likeness (QED) is 0.213. The van der Waals surface area contributed by atoms with Crippen LogP contribution >= 0.6 is 0 Å². The summed E-state index contributed by atoms with van der Waals surface area (Å²) in [5.74, 6) is 0.834. The van der Waals surface area contributed by atoms with E-state index in [1.165, 1.54) is 30.4 Å². The monoisotopic (exact) mass is 526 g/mol. The summed E-state index contributed by atoms with van der Waals surface area (Å²) in [7, 11) is 0. The summed E-state index contributed by atoms with van der Waals surface area (Å²) in [6.45, 7) is 14.2. The molecule has 0 heterocycles. The van der Waals surface area contributed by atoms with E-state index in [1.807, 2.05) is 0 Å². The van der Waals surface area contributed by atoms with Gasteiger partial charge in [0.25, 0.3) is 0 Å². The lowest BCUT2D eigenvalue weighted by Gasteiger charge is -2.39. The fourth-order valence-corrected chi connectivity index (χ4v) is 5.11. The highest BCUT2D eigenvalue weighted by atomic mass is 16.5. The Labute approximate surface area is 232 Å². The van der Waals surface area contributed by atoms with Crippen LogP contribution in [-0.2, 0) is 17.3 Å². The van der Waals surface area contributed by atoms with Crippen LogP contribution in [-0.4, -0.2) is 41.2 Å². The highest BCUT2D eigenvalue weighted by Gasteiger charge is 2.41. The molecule has 0 spiro atoms. The zero-order valence-electron chi connectivity index (χ0n) is 25.1. The molecule has 214 valence electrons. The van der Waals surface area contributed by atoms with Crippen molar-refractivity contribution in [3.8, 4) is 5.75 Å². The minimum Gasteiger partial charge on any atom is -0.489 e. The normalized spacial score (nSPS) is 13.5. The number of hydrogen-bond donors (Lipinski definition) is 3. The van der Waals surface area contributed by atoms with Gasteiger partial charge in [0, 0.05) is 11.1 Å². The third-order valence-electron chi connectivity index (χ3n) is 7.76. The number of benzene rings is 2. The molecule has 0 bridgehead atoms. The average molecular weight is 527 g/mol. The van der Waals surface area contributed by atoms with Gasteiger partial charge in [0.05, 0.1) is 25.2 Å². The number of unbranched alkanes of at least 4 members (excludes halogenated alkanes) is 5. The Morgan fingerprint density at radius 3 is 1.63 bits per heavy atom. The molecule has 38 heavy (non-hydrogen) atoms. The van der Waals surface area contributed by atoms with E-state index < -0.39 is 11.5 Å². The highest BCUT2D eigenvalue weighted by Crippen LogP contribution is 2.43. The van der Waals surface area contributed by atoms with Crippen LogP contribution in [0.1, 0.15) is 109 Å². The van der Waals surface area contributed by atoms with Gasteiger partial charge >= 0.3 is 0 Å². The van der Waals surface area contributed by atoms with E-state index in [-0.39, 0.29) is 30.7 Å². The molecule has 0 saturated heterocycles. The number of rotatable bonds is 15. The van der Waals surface area contributed by atoms with Gasteiger partial charge in [-0.2, -0.15) is 0 Å². The molecule has 4 heteroatoms. The summed E-state index contributed by atoms with van der Waals surface area (Å²) in [4.78, 5) is 0. The maximum absolute atomic E-state index is 10.3. The third-order valence-corrected chi connectivity index (χ3v) is 7.76. The fourth-order valence-electron chi connectivity index (χ4n) is 5.11. The van der Waals surface area contributed by atoms with Crippen LogP contribution in [0.25, 0.3) is 0 Å². The first-order valence-corrected chi connectivity index (χ1v) is 14.6. The van der Waals surface area contributed by atoms with Crippen molar-refractivity contribution in [3.05, 3.63) is 64.7 Å². The van der Waals surface area contributed by atoms with Gasteiger partial charge in [-0.3, -0.25) is 0 Å². The second-order valence-corrected chi connectivity index (χ2v) is 13.3. The van der Waals surface area contributed by atoms with E-state index in [4.69, 9.17) is 4.74 Å². The molecule has 2 rings (SSSR count). The zero-order chi connectivity index (χ0) is 28.4. The van der Waals surface area contributed by atoms with Crippen LogP contribution in [0.3, 0.4) is 0 Å². The lowest BCUT2D eigenvalue weighted by molar-refractivity contribution is -0.0763. The number of aliphatic hydroxyl groups is 3. The second kappa shape index (κ2) is 14.5. The van der Waals surface area contributed by atoms with E-state index >= 15 is 0 Å². The Morgan fingerprint density at radius 1 is 0.684 bits per heavy atom. The predicted octanol–water partition coefficient (Wildman–Crippen LogP) is 7.27. The van der Waals surface area contributed by atoms with E-state index in [0.717, 1.165) is 42.6 Å². The molecule has 1 unspecified atom stereocenters. The van der Waals surface area contributed by atoms with Gasteiger partial charge in [-0.05, 0) is 49.0 Å². The van der Waals surface area contributed by atoms with Gasteiger partial charge in [-0.1, -0.05) is 115 Å². The summed E-state index contributed by atoms with van der Waals surface area (Å²) in [6, 6.07) is 15.0. The van der Waals surface area contributed by atoms with Crippen molar-refractivity contribution >= 4 is 0 Å². The minimum atomic E-state index is -1.11. The first-order chi connectivity index (χ1) is 17.9. The first-order valence-electron chi connectivity index (χ1n) is 14.6. The van der Waals surface area contributed by atoms with Crippen LogP contribution < -0.4 is 4.74 Å². The van der Waals surface area contributed by atoms with Crippen molar-refractivity contribution < 1.29 is 20.1 Å². The van der Waals surface area contributed by atoms with Gasteiger partial charge in [0.15, 0.2) is 0 Å². The van der Waals surface area contributed by atoms with Crippen molar-refractivity contribution in [2.75, 3.05) is 19.8 Å². The van der Waals surface area contributed by atoms with Gasteiger partial charge in [-0.15, -0.1) is 0 Å². The Bertz CT molecular complexity index is 905. The van der Waals surface area contributed by atoms with Gasteiger partial charge in [-0.25, -0.2) is 0 Å². The van der Waals surface area contributed by atoms with E-state index in [1.54, 1.807) is 0 Å². The van der Waals surface area contributed by atoms with E-state index in [9.17, 15) is 15.3 Å². The van der Waals surface area contributed by atoms with E-state index in [2.05, 4.69) is 90.9 Å². The fraction of sp³-hybridized carbons (Fsp3) is 0.647. The van der Waals surface area contributed by atoms with Gasteiger partial charge < -0.3 is 20.1 Å². The summed E-state index contributed by atoms with van der Waals surface area (Å²) in [6.07, 6.45) is 8.07. The molecular formula is C34H54O4. The van der Waals surface area contributed by atoms with Crippen molar-refractivity contribution in [1.82, 2.24) is 0 Å². The summed E-state index contributed by atoms with van der Waals surface area (Å²) in [5, 5.41) is 31.0. The molecule has 0 amide bonds. The average Bonchev–Trinajstić information content (AvgIpc) is 2.86. The molecule has 4 nitrogen and oxygen atoms in total. The Balaban J connectivity index is 2.14. The third kappa shape index (κ3) is 9.10. The molecule has 0 aromatic heterocycles. The molecule has 0 radical (unpaired) electrons. The van der Waals surface area contributed by atoms with Crippen LogP contribution in [0, 0.1) is 12.3 Å². The molecule has 0 fully saturated rings. The Morgan fingerprint density at radius 2 is 1.16 bits per heavy atom. The molecule has 0 aliphatic rings. The topological polar surface area (TPSA) is 69.9 Å². The molecule has 3 N–H and O–H groups in total. The van der Waals surface area contributed by atoms with Crippen LogP contribution in [0.2, 0.25) is 0 Å². The largest absolute Gasteiger partial charge is 0.489 e. The molecular weight excluding hydrogens is 472 g/mol. The summed E-state index contributed by atoms with van der Waals surface area (Å²) in [5.41, 5.74) is 3.43. The summed E-state index contributed by atoms with van der Waals surface area (Å²) >= 11 is 0. The second-order valence-electron chi connectivity index (χ2n) is 13.3. The predicted molar refractivity (Wildman–Crippen MR) is 159 cm³/mol. The molecule has 1 atom stereocenters. The molecule has 0 aliphatic heterocycles. The smallest absolute Gasteiger partial charge is 0.127 e. The SMILES string of the molecule is Cc1cc(C(C)(C)C)c(OC(CCCCCCCCc2ccccc2)C(CO)(CO)CO)c(C(C)(C)C)c1. The van der Waals surface area contributed by atoms with Crippen molar-refractivity contribution in [1.29, 1.82) is 0 Å². The molecule has 2 aromatic rings. The number of aliphatic hydroxyl groups excluding tert-OH is 3. The van der Waals surface area contributed by atoms with E-state index in [0.29, 0.717) is 6.42 Å². The number of ether oxygens (including phenoxy) is 1. The summed E-state index contributed by atoms with van der Waals surface area (Å²) < 4.78 is 6.84. The first kappa shape index (κ1) is 32.3. The van der Waals surface area contributed by atoms with Gasteiger partial charge in [0.2, 0.25) is 0 Å². The van der Waals surface area contributed by atoms with Crippen LogP contribution in [0.4, 0.5) is 0 Å². The number of aryl methyl sites for hydroxylation is 2. The maximum atomic E-state index is 10.3. The lowest BCUT2D eigenvalue weighted by atomic mass is 9.77. The minimum absolute atomic E-state index is 0.147.